The molecule has 24 heavy (non-hydrogen) atoms. The van der Waals surface area contributed by atoms with Crippen LogP contribution in [0.15, 0.2) is 30.3 Å². The summed E-state index contributed by atoms with van der Waals surface area (Å²) in [6, 6.07) is 6.63. The van der Waals surface area contributed by atoms with E-state index in [0.29, 0.717) is 18.4 Å². The molecule has 1 aromatic heterocycles. The van der Waals surface area contributed by atoms with E-state index in [1.54, 1.807) is 6.07 Å². The first-order valence-corrected chi connectivity index (χ1v) is 7.09. The zero-order valence-corrected chi connectivity index (χ0v) is 12.1. The molecular formula is C15H10F3N3O3. The van der Waals surface area contributed by atoms with Gasteiger partial charge in [0.05, 0.1) is 5.41 Å². The molecule has 1 amide bonds. The normalized spacial score (nSPS) is 19.0. The predicted molar refractivity (Wildman–Crippen MR) is 74.2 cm³/mol. The molecular weight excluding hydrogens is 327 g/mol. The van der Waals surface area contributed by atoms with E-state index in [9.17, 15) is 18.0 Å². The third-order valence-corrected chi connectivity index (χ3v) is 4.01. The first kappa shape index (κ1) is 14.7. The zero-order valence-electron chi connectivity index (χ0n) is 12.1. The molecule has 1 aliphatic heterocycles. The molecule has 0 bridgehead atoms. The van der Waals surface area contributed by atoms with E-state index in [0.717, 1.165) is 6.07 Å². The van der Waals surface area contributed by atoms with Gasteiger partial charge in [-0.05, 0) is 42.7 Å². The average molecular weight is 337 g/mol. The second kappa shape index (κ2) is 4.83. The van der Waals surface area contributed by atoms with Crippen LogP contribution in [0.4, 0.5) is 19.0 Å². The number of alkyl halides is 2. The van der Waals surface area contributed by atoms with Crippen LogP contribution in [0, 0.1) is 5.95 Å². The van der Waals surface area contributed by atoms with Crippen LogP contribution in [0.25, 0.3) is 0 Å². The summed E-state index contributed by atoms with van der Waals surface area (Å²) >= 11 is 0. The lowest BCUT2D eigenvalue weighted by molar-refractivity contribution is -0.286. The van der Waals surface area contributed by atoms with Crippen molar-refractivity contribution in [1.82, 2.24) is 10.2 Å². The number of hydrogen-bond donors (Lipinski definition) is 1. The van der Waals surface area contributed by atoms with Gasteiger partial charge in [-0.1, -0.05) is 6.07 Å². The summed E-state index contributed by atoms with van der Waals surface area (Å²) in [5.41, 5.74) is -0.318. The number of benzene rings is 1. The van der Waals surface area contributed by atoms with Crippen molar-refractivity contribution in [2.45, 2.75) is 24.6 Å². The van der Waals surface area contributed by atoms with Gasteiger partial charge in [-0.25, -0.2) is 0 Å². The third kappa shape index (κ3) is 2.41. The molecule has 9 heteroatoms. The number of carbonyl (C=O) groups is 1. The largest absolute Gasteiger partial charge is 0.586 e. The minimum atomic E-state index is -3.70. The Bertz CT molecular complexity index is 822. The van der Waals surface area contributed by atoms with Crippen molar-refractivity contribution >= 4 is 11.7 Å². The van der Waals surface area contributed by atoms with Crippen LogP contribution in [0.3, 0.4) is 0 Å². The first-order chi connectivity index (χ1) is 11.4. The quantitative estimate of drug-likeness (QED) is 0.932. The Hall–Kier alpha value is -2.84. The number of rotatable bonds is 3. The van der Waals surface area contributed by atoms with Gasteiger partial charge in [0.15, 0.2) is 17.3 Å². The number of nitrogens with one attached hydrogen (secondary N) is 1. The number of aromatic nitrogens is 2. The van der Waals surface area contributed by atoms with Crippen molar-refractivity contribution in [3.05, 3.63) is 41.8 Å². The second-order valence-electron chi connectivity index (χ2n) is 5.61. The van der Waals surface area contributed by atoms with E-state index >= 15 is 0 Å². The van der Waals surface area contributed by atoms with Gasteiger partial charge in [-0.15, -0.1) is 19.0 Å². The molecule has 1 saturated carbocycles. The second-order valence-corrected chi connectivity index (χ2v) is 5.61. The zero-order chi connectivity index (χ0) is 16.9. The summed E-state index contributed by atoms with van der Waals surface area (Å²) in [5, 5.41) is 9.30. The van der Waals surface area contributed by atoms with E-state index < -0.39 is 17.7 Å². The van der Waals surface area contributed by atoms with Crippen LogP contribution in [-0.2, 0) is 10.2 Å². The van der Waals surface area contributed by atoms with Crippen LogP contribution in [0.1, 0.15) is 18.4 Å². The number of amides is 1. The minimum absolute atomic E-state index is 0.0793. The van der Waals surface area contributed by atoms with Gasteiger partial charge < -0.3 is 14.8 Å². The minimum Gasteiger partial charge on any atom is -0.395 e. The molecule has 0 unspecified atom stereocenters. The van der Waals surface area contributed by atoms with Crippen molar-refractivity contribution in [2.24, 2.45) is 0 Å². The summed E-state index contributed by atoms with van der Waals surface area (Å²) < 4.78 is 47.7. The molecule has 1 fully saturated rings. The van der Waals surface area contributed by atoms with Crippen molar-refractivity contribution < 1.29 is 27.4 Å². The third-order valence-electron chi connectivity index (χ3n) is 4.01. The maximum Gasteiger partial charge on any atom is 0.586 e. The fourth-order valence-electron chi connectivity index (χ4n) is 2.64. The Kier molecular flexibility index (Phi) is 2.96. The summed E-state index contributed by atoms with van der Waals surface area (Å²) in [4.78, 5) is 12.5. The highest BCUT2D eigenvalue weighted by Gasteiger charge is 2.52. The van der Waals surface area contributed by atoms with E-state index in [2.05, 4.69) is 25.0 Å². The smallest absolute Gasteiger partial charge is 0.395 e. The van der Waals surface area contributed by atoms with Crippen molar-refractivity contribution in [3.63, 3.8) is 0 Å². The van der Waals surface area contributed by atoms with Gasteiger partial charge in [0, 0.05) is 0 Å². The van der Waals surface area contributed by atoms with E-state index in [1.807, 2.05) is 0 Å². The highest BCUT2D eigenvalue weighted by molar-refractivity contribution is 6.00. The van der Waals surface area contributed by atoms with E-state index in [1.165, 1.54) is 18.2 Å². The van der Waals surface area contributed by atoms with Gasteiger partial charge in [-0.3, -0.25) is 4.79 Å². The van der Waals surface area contributed by atoms with Gasteiger partial charge >= 0.3 is 6.29 Å². The van der Waals surface area contributed by atoms with E-state index in [-0.39, 0.29) is 23.2 Å². The summed E-state index contributed by atoms with van der Waals surface area (Å²) in [6.07, 6.45) is -2.61. The summed E-state index contributed by atoms with van der Waals surface area (Å²) in [5.74, 6) is -1.21. The van der Waals surface area contributed by atoms with Gasteiger partial charge in [-0.2, -0.15) is 4.39 Å². The molecule has 1 aliphatic carbocycles. The van der Waals surface area contributed by atoms with Gasteiger partial charge in [0.25, 0.3) is 0 Å². The monoisotopic (exact) mass is 337 g/mol. The lowest BCUT2D eigenvalue weighted by Crippen LogP contribution is -2.28. The standard InChI is InChI=1S/C15H10F3N3O3/c16-11-3-4-12(21-20-11)19-13(22)14(5-6-14)8-1-2-9-10(7-8)24-15(17,18)23-9/h1-4,7H,5-6H2,(H,19,21,22). The number of anilines is 1. The fraction of sp³-hybridized carbons (Fsp3) is 0.267. The van der Waals surface area contributed by atoms with Crippen molar-refractivity contribution in [3.8, 4) is 11.5 Å². The van der Waals surface area contributed by atoms with Crippen LogP contribution >= 0.6 is 0 Å². The Labute approximate surface area is 133 Å². The Balaban J connectivity index is 1.58. The van der Waals surface area contributed by atoms with Gasteiger partial charge in [0.1, 0.15) is 0 Å². The molecule has 1 N–H and O–H groups in total. The summed E-state index contributed by atoms with van der Waals surface area (Å²) in [6.45, 7) is 0. The number of fused-ring (bicyclic) bond motifs is 1. The predicted octanol–water partition coefficient (Wildman–Crippen LogP) is 2.61. The first-order valence-electron chi connectivity index (χ1n) is 7.09. The Morgan fingerprint density at radius 2 is 1.83 bits per heavy atom. The Morgan fingerprint density at radius 3 is 2.50 bits per heavy atom. The molecule has 124 valence electrons. The molecule has 6 nitrogen and oxygen atoms in total. The molecule has 4 rings (SSSR count). The molecule has 0 saturated heterocycles. The number of carbonyl (C=O) groups excluding carboxylic acids is 1. The van der Waals surface area contributed by atoms with Crippen molar-refractivity contribution in [2.75, 3.05) is 5.32 Å². The fourth-order valence-corrected chi connectivity index (χ4v) is 2.64. The maximum absolute atomic E-state index is 13.1. The highest BCUT2D eigenvalue weighted by Crippen LogP contribution is 2.52. The molecule has 2 heterocycles. The number of halogens is 3. The molecule has 0 spiro atoms. The maximum atomic E-state index is 13.1. The molecule has 2 aliphatic rings. The van der Waals surface area contributed by atoms with Crippen molar-refractivity contribution in [1.29, 1.82) is 0 Å². The SMILES string of the molecule is O=C(Nc1ccc(F)nn1)C1(c2ccc3c(c2)OC(F)(F)O3)CC1. The number of ether oxygens (including phenoxy) is 2. The Morgan fingerprint density at radius 1 is 1.08 bits per heavy atom. The number of nitrogens with zero attached hydrogens (tertiary/aromatic N) is 2. The highest BCUT2D eigenvalue weighted by atomic mass is 19.3. The topological polar surface area (TPSA) is 73.3 Å². The molecule has 0 atom stereocenters. The van der Waals surface area contributed by atoms with Crippen LogP contribution < -0.4 is 14.8 Å². The van der Waals surface area contributed by atoms with Crippen LogP contribution in [0.2, 0.25) is 0 Å². The lowest BCUT2D eigenvalue weighted by Gasteiger charge is -2.15. The average Bonchev–Trinajstić information content (AvgIpc) is 3.27. The number of hydrogen-bond acceptors (Lipinski definition) is 5. The molecule has 0 radical (unpaired) electrons. The molecule has 1 aromatic carbocycles. The lowest BCUT2D eigenvalue weighted by atomic mass is 9.94. The van der Waals surface area contributed by atoms with Crippen LogP contribution in [0.5, 0.6) is 11.5 Å². The van der Waals surface area contributed by atoms with E-state index in [4.69, 9.17) is 0 Å². The van der Waals surface area contributed by atoms with Crippen LogP contribution in [-0.4, -0.2) is 22.4 Å². The van der Waals surface area contributed by atoms with Gasteiger partial charge in [0.2, 0.25) is 11.9 Å². The molecule has 2 aromatic rings. The summed E-state index contributed by atoms with van der Waals surface area (Å²) in [7, 11) is 0.